The summed E-state index contributed by atoms with van der Waals surface area (Å²) in [7, 11) is 0. The summed E-state index contributed by atoms with van der Waals surface area (Å²) in [6, 6.07) is 14.1. The molecule has 0 bridgehead atoms. The fraction of sp³-hybridized carbons (Fsp3) is 0.568. The maximum atomic E-state index is 14.0. The van der Waals surface area contributed by atoms with Crippen LogP contribution in [0.3, 0.4) is 0 Å². The van der Waals surface area contributed by atoms with Gasteiger partial charge in [0, 0.05) is 37.0 Å². The lowest BCUT2D eigenvalue weighted by Gasteiger charge is -2.57. The number of ether oxygens (including phenoxy) is 1. The van der Waals surface area contributed by atoms with E-state index in [0.29, 0.717) is 31.6 Å². The van der Waals surface area contributed by atoms with Crippen molar-refractivity contribution in [2.45, 2.75) is 119 Å². The second kappa shape index (κ2) is 17.9. The Morgan fingerprint density at radius 3 is 2.25 bits per heavy atom. The lowest BCUT2D eigenvalue weighted by Crippen LogP contribution is -2.63. The predicted molar refractivity (Wildman–Crippen MR) is 223 cm³/mol. The largest absolute Gasteiger partial charge is 0.385 e. The highest BCUT2D eigenvalue weighted by atomic mass is 32.1. The zero-order valence-electron chi connectivity index (χ0n) is 34.7. The van der Waals surface area contributed by atoms with Crippen molar-refractivity contribution in [3.8, 4) is 10.4 Å². The maximum absolute atomic E-state index is 14.0. The van der Waals surface area contributed by atoms with Crippen LogP contribution in [0.15, 0.2) is 54.0 Å². The van der Waals surface area contributed by atoms with E-state index in [1.54, 1.807) is 16.2 Å². The van der Waals surface area contributed by atoms with Crippen molar-refractivity contribution in [2.75, 3.05) is 31.6 Å². The van der Waals surface area contributed by atoms with Crippen LogP contribution in [-0.2, 0) is 19.1 Å². The van der Waals surface area contributed by atoms with Crippen molar-refractivity contribution in [3.05, 3.63) is 70.9 Å². The molecule has 2 aromatic carbocycles. The van der Waals surface area contributed by atoms with Gasteiger partial charge in [0.2, 0.25) is 17.7 Å². The molecule has 2 aliphatic rings. The number of aromatic nitrogens is 1. The van der Waals surface area contributed by atoms with E-state index < -0.39 is 17.5 Å². The average Bonchev–Trinajstić information content (AvgIpc) is 3.81. The molecule has 0 unspecified atom stereocenters. The summed E-state index contributed by atoms with van der Waals surface area (Å²) >= 11 is 1.60. The molecular weight excluding hydrogens is 725 g/mol. The van der Waals surface area contributed by atoms with Gasteiger partial charge in [-0.1, -0.05) is 72.7 Å². The third-order valence-corrected chi connectivity index (χ3v) is 12.2. The van der Waals surface area contributed by atoms with Gasteiger partial charge in [-0.05, 0) is 97.6 Å². The summed E-state index contributed by atoms with van der Waals surface area (Å²) < 4.78 is 5.69. The third-order valence-electron chi connectivity index (χ3n) is 11.2. The Kier molecular flexibility index (Phi) is 13.7. The van der Waals surface area contributed by atoms with Crippen molar-refractivity contribution in [1.29, 1.82) is 0 Å². The number of hydrogen-bond acceptors (Lipinski definition) is 8. The molecule has 2 fully saturated rings. The maximum Gasteiger partial charge on any atom is 0.251 e. The molecule has 4 N–H and O–H groups in total. The summed E-state index contributed by atoms with van der Waals surface area (Å²) in [5, 5.41) is 12.6. The Bertz CT molecular complexity index is 1820. The number of hydrogen-bond donors (Lipinski definition) is 4. The van der Waals surface area contributed by atoms with Crippen LogP contribution in [0.1, 0.15) is 115 Å². The Morgan fingerprint density at radius 2 is 1.64 bits per heavy atom. The van der Waals surface area contributed by atoms with Gasteiger partial charge in [0.05, 0.1) is 22.1 Å². The predicted octanol–water partition coefficient (Wildman–Crippen LogP) is 7.28. The second-order valence-corrected chi connectivity index (χ2v) is 18.9. The summed E-state index contributed by atoms with van der Waals surface area (Å²) in [5.41, 5.74) is 6.08. The van der Waals surface area contributed by atoms with E-state index in [2.05, 4.69) is 53.9 Å². The molecule has 5 rings (SSSR count). The first-order valence-electron chi connectivity index (χ1n) is 20.0. The number of nitrogens with one attached hydrogen (secondary N) is 4. The highest BCUT2D eigenvalue weighted by molar-refractivity contribution is 7.13. The van der Waals surface area contributed by atoms with E-state index in [4.69, 9.17) is 4.74 Å². The fourth-order valence-corrected chi connectivity index (χ4v) is 9.40. The van der Waals surface area contributed by atoms with Crippen LogP contribution in [0.2, 0.25) is 0 Å². The number of rotatable bonds is 16. The minimum atomic E-state index is -0.814. The molecule has 1 aliphatic carbocycles. The monoisotopic (exact) mass is 786 g/mol. The topological polar surface area (TPSA) is 142 Å². The van der Waals surface area contributed by atoms with Crippen LogP contribution >= 0.6 is 11.3 Å². The number of likely N-dealkylation sites (tertiary alicyclic amines) is 1. The number of nitrogens with zero attached hydrogens (tertiary/aromatic N) is 2. The zero-order valence-corrected chi connectivity index (χ0v) is 35.5. The first-order chi connectivity index (χ1) is 26.4. The van der Waals surface area contributed by atoms with Gasteiger partial charge in [-0.2, -0.15) is 0 Å². The normalized spacial score (nSPS) is 18.7. The molecule has 2 heterocycles. The lowest BCUT2D eigenvalue weighted by atomic mass is 9.52. The molecule has 3 atom stereocenters. The number of unbranched alkanes of at least 4 members (excludes halogenated alkanes) is 1. The summed E-state index contributed by atoms with van der Waals surface area (Å²) in [6.07, 6.45) is 3.93. The van der Waals surface area contributed by atoms with Gasteiger partial charge in [0.1, 0.15) is 18.7 Å². The molecule has 1 saturated heterocycles. The number of amides is 4. The number of anilines is 1. The molecule has 12 heteroatoms. The van der Waals surface area contributed by atoms with Gasteiger partial charge in [-0.3, -0.25) is 19.2 Å². The van der Waals surface area contributed by atoms with Crippen LogP contribution in [0, 0.1) is 23.2 Å². The standard InChI is InChI=1S/C44H62N6O5S/c1-28(30-14-16-31(17-15-30)36-29(2)46-27-56-36)47-39(53)34-13-12-23-50(34)40(54)37(42(3,4)5)48-35(51)25-55-24-11-10-22-45-33-20-18-32(19-21-33)38(52)49-41-43(6,7)26-44(41,8)9/h14-21,27-28,34,37,41,45H,10-13,22-26H2,1-9H3,(H,47,53)(H,48,51)(H,49,52)/t28-,34-,37+/m0/s1. The number of aryl methyl sites for hydroxylation is 1. The van der Waals surface area contributed by atoms with Gasteiger partial charge in [0.15, 0.2) is 0 Å². The zero-order chi connectivity index (χ0) is 40.8. The summed E-state index contributed by atoms with van der Waals surface area (Å²) in [6.45, 7) is 19.9. The molecular formula is C44H62N6O5S. The molecule has 3 aromatic rings. The van der Waals surface area contributed by atoms with E-state index in [0.717, 1.165) is 53.2 Å². The smallest absolute Gasteiger partial charge is 0.251 e. The summed E-state index contributed by atoms with van der Waals surface area (Å²) in [4.78, 5) is 60.5. The van der Waals surface area contributed by atoms with Gasteiger partial charge in [-0.15, -0.1) is 11.3 Å². The minimum Gasteiger partial charge on any atom is -0.385 e. The molecule has 4 amide bonds. The van der Waals surface area contributed by atoms with E-state index in [1.165, 1.54) is 0 Å². The quantitative estimate of drug-likeness (QED) is 0.112. The Balaban J connectivity index is 1.02. The second-order valence-electron chi connectivity index (χ2n) is 18.0. The number of thiazole rings is 1. The fourth-order valence-electron chi connectivity index (χ4n) is 8.59. The minimum absolute atomic E-state index is 0.0452. The first-order valence-corrected chi connectivity index (χ1v) is 20.9. The van der Waals surface area contributed by atoms with Crippen LogP contribution in [-0.4, -0.2) is 77.9 Å². The van der Waals surface area contributed by atoms with Gasteiger partial charge < -0.3 is 30.9 Å². The van der Waals surface area contributed by atoms with Crippen LogP contribution < -0.4 is 21.3 Å². The highest BCUT2D eigenvalue weighted by Crippen LogP contribution is 2.53. The lowest BCUT2D eigenvalue weighted by molar-refractivity contribution is -0.144. The molecule has 0 spiro atoms. The van der Waals surface area contributed by atoms with E-state index in [9.17, 15) is 19.2 Å². The van der Waals surface area contributed by atoms with Crippen molar-refractivity contribution < 1.29 is 23.9 Å². The number of benzene rings is 2. The first kappa shape index (κ1) is 42.8. The van der Waals surface area contributed by atoms with Gasteiger partial charge in [0.25, 0.3) is 5.91 Å². The SMILES string of the molecule is Cc1ncsc1-c1ccc([C@H](C)NC(=O)[C@@H]2CCCN2C(=O)[C@@H](NC(=O)COCCCCNc2ccc(C(=O)NC3C(C)(C)CC3(C)C)cc2)C(C)(C)C)cc1. The average molecular weight is 787 g/mol. The molecule has 304 valence electrons. The Morgan fingerprint density at radius 1 is 0.964 bits per heavy atom. The van der Waals surface area contributed by atoms with Crippen molar-refractivity contribution in [2.24, 2.45) is 16.2 Å². The van der Waals surface area contributed by atoms with Crippen LogP contribution in [0.25, 0.3) is 10.4 Å². The van der Waals surface area contributed by atoms with Crippen molar-refractivity contribution in [1.82, 2.24) is 25.8 Å². The van der Waals surface area contributed by atoms with Crippen LogP contribution in [0.4, 0.5) is 5.69 Å². The Hall–Kier alpha value is -4.29. The summed E-state index contributed by atoms with van der Waals surface area (Å²) in [5.74, 6) is -0.863. The molecule has 56 heavy (non-hydrogen) atoms. The van der Waals surface area contributed by atoms with Crippen molar-refractivity contribution in [3.63, 3.8) is 0 Å². The highest BCUT2D eigenvalue weighted by Gasteiger charge is 2.53. The number of carbonyl (C=O) groups excluding carboxylic acids is 4. The van der Waals surface area contributed by atoms with Crippen LogP contribution in [0.5, 0.6) is 0 Å². The molecule has 1 aliphatic heterocycles. The molecule has 1 saturated carbocycles. The van der Waals surface area contributed by atoms with Gasteiger partial charge in [-0.25, -0.2) is 4.98 Å². The van der Waals surface area contributed by atoms with E-state index in [-0.39, 0.29) is 53.1 Å². The van der Waals surface area contributed by atoms with E-state index in [1.807, 2.05) is 88.7 Å². The molecule has 1 aromatic heterocycles. The van der Waals surface area contributed by atoms with Gasteiger partial charge >= 0.3 is 0 Å². The third kappa shape index (κ3) is 10.6. The number of carbonyl (C=O) groups is 4. The van der Waals surface area contributed by atoms with Crippen molar-refractivity contribution >= 4 is 40.7 Å². The Labute approximate surface area is 337 Å². The molecule has 0 radical (unpaired) electrons. The van der Waals surface area contributed by atoms with E-state index >= 15 is 0 Å². The molecule has 11 nitrogen and oxygen atoms in total.